The van der Waals surface area contributed by atoms with Gasteiger partial charge in [0, 0.05) is 31.0 Å². The van der Waals surface area contributed by atoms with Crippen LogP contribution in [0.15, 0.2) is 24.3 Å². The number of nitrogens with zero attached hydrogens (tertiary/aromatic N) is 2. The zero-order chi connectivity index (χ0) is 23.6. The lowest BCUT2D eigenvalue weighted by Crippen LogP contribution is -2.53. The third kappa shape index (κ3) is 4.14. The molecule has 1 spiro atoms. The highest BCUT2D eigenvalue weighted by Gasteiger charge is 2.73. The number of amides is 2. The number of carbonyl (C=O) groups is 3. The van der Waals surface area contributed by atoms with E-state index < -0.39 is 27.4 Å². The number of cyclic esters (lactones) is 1. The Kier molecular flexibility index (Phi) is 7.24. The Bertz CT molecular complexity index is 845. The van der Waals surface area contributed by atoms with Crippen LogP contribution in [0.3, 0.4) is 0 Å². The lowest BCUT2D eigenvalue weighted by molar-refractivity contribution is -0.154. The maximum atomic E-state index is 14.0. The summed E-state index contributed by atoms with van der Waals surface area (Å²) in [6.45, 7) is 6.18. The normalized spacial score (nSPS) is 35.6. The summed E-state index contributed by atoms with van der Waals surface area (Å²) in [5.41, 5.74) is 0. The Balaban J connectivity index is 1.76. The summed E-state index contributed by atoms with van der Waals surface area (Å²) in [5, 5.41) is 9.15. The molecule has 0 aromatic heterocycles. The van der Waals surface area contributed by atoms with Crippen LogP contribution in [-0.4, -0.2) is 81.1 Å². The molecule has 0 saturated carbocycles. The molecule has 1 N–H and O–H groups in total. The summed E-state index contributed by atoms with van der Waals surface area (Å²) in [6, 6.07) is -0.629. The number of fused-ring (bicyclic) bond motifs is 2. The van der Waals surface area contributed by atoms with Crippen molar-refractivity contribution < 1.29 is 24.2 Å². The summed E-state index contributed by atoms with van der Waals surface area (Å²) >= 11 is 1.59. The molecule has 1 unspecified atom stereocenters. The highest BCUT2D eigenvalue weighted by molar-refractivity contribution is 8.02. The molecule has 4 aliphatic rings. The second kappa shape index (κ2) is 9.82. The van der Waals surface area contributed by atoms with Gasteiger partial charge in [0.05, 0.1) is 23.2 Å². The van der Waals surface area contributed by atoms with Crippen molar-refractivity contribution in [3.8, 4) is 0 Å². The first-order valence-electron chi connectivity index (χ1n) is 12.3. The van der Waals surface area contributed by atoms with Crippen LogP contribution in [-0.2, 0) is 19.1 Å². The van der Waals surface area contributed by atoms with E-state index in [0.717, 1.165) is 19.3 Å². The van der Waals surface area contributed by atoms with Crippen molar-refractivity contribution >= 4 is 29.5 Å². The number of hydrogen-bond donors (Lipinski definition) is 1. The van der Waals surface area contributed by atoms with Crippen LogP contribution in [0, 0.1) is 11.8 Å². The smallest absolute Gasteiger partial charge is 0.311 e. The van der Waals surface area contributed by atoms with Crippen molar-refractivity contribution in [2.75, 3.05) is 32.8 Å². The van der Waals surface area contributed by atoms with Gasteiger partial charge in [-0.25, -0.2) is 0 Å². The maximum absolute atomic E-state index is 14.0. The summed E-state index contributed by atoms with van der Waals surface area (Å²) in [4.78, 5) is 44.7. The number of thioether (sulfide) groups is 1. The van der Waals surface area contributed by atoms with Crippen LogP contribution in [0.2, 0.25) is 0 Å². The number of rotatable bonds is 8. The Labute approximate surface area is 200 Å². The molecule has 0 bridgehead atoms. The SMILES string of the molecule is CCCCN1CC=C[C@]23S[C@]4(C)C=CCCOC(=O)[C@@H]4[C@H]2C(=O)N(CCCCCO)C3C1=O. The number of ether oxygens (including phenoxy) is 1. The molecule has 2 saturated heterocycles. The minimum atomic E-state index is -0.792. The van der Waals surface area contributed by atoms with Crippen LogP contribution >= 0.6 is 11.8 Å². The van der Waals surface area contributed by atoms with Crippen molar-refractivity contribution in [2.24, 2.45) is 11.8 Å². The Morgan fingerprint density at radius 1 is 1.06 bits per heavy atom. The first-order valence-corrected chi connectivity index (χ1v) is 13.1. The quantitative estimate of drug-likeness (QED) is 0.329. The fourth-order valence-corrected chi connectivity index (χ4v) is 8.05. The predicted molar refractivity (Wildman–Crippen MR) is 127 cm³/mol. The Morgan fingerprint density at radius 2 is 1.88 bits per heavy atom. The molecule has 0 aromatic rings. The van der Waals surface area contributed by atoms with E-state index in [1.807, 2.05) is 24.0 Å². The van der Waals surface area contributed by atoms with Gasteiger partial charge < -0.3 is 19.6 Å². The van der Waals surface area contributed by atoms with Gasteiger partial charge in [-0.1, -0.05) is 37.6 Å². The number of aliphatic hydroxyl groups excluding tert-OH is 1. The van der Waals surface area contributed by atoms with E-state index in [-0.39, 0.29) is 24.4 Å². The third-order valence-corrected chi connectivity index (χ3v) is 9.24. The van der Waals surface area contributed by atoms with Crippen LogP contribution in [0.1, 0.15) is 52.4 Å². The number of unbranched alkanes of at least 4 members (excludes halogenated alkanes) is 3. The first kappa shape index (κ1) is 24.3. The van der Waals surface area contributed by atoms with Gasteiger partial charge in [0.2, 0.25) is 11.8 Å². The molecular formula is C25H36N2O5S. The second-order valence-corrected chi connectivity index (χ2v) is 11.5. The van der Waals surface area contributed by atoms with E-state index in [4.69, 9.17) is 9.84 Å². The molecule has 182 valence electrons. The van der Waals surface area contributed by atoms with Gasteiger partial charge in [0.25, 0.3) is 0 Å². The fourth-order valence-electron chi connectivity index (χ4n) is 5.90. The molecule has 2 amide bonds. The summed E-state index contributed by atoms with van der Waals surface area (Å²) in [6.07, 6.45) is 12.9. The van der Waals surface area contributed by atoms with E-state index in [0.29, 0.717) is 45.5 Å². The minimum Gasteiger partial charge on any atom is -0.465 e. The molecule has 4 heterocycles. The molecule has 7 nitrogen and oxygen atoms in total. The van der Waals surface area contributed by atoms with Gasteiger partial charge >= 0.3 is 5.97 Å². The van der Waals surface area contributed by atoms with E-state index in [2.05, 4.69) is 19.1 Å². The predicted octanol–water partition coefficient (Wildman–Crippen LogP) is 2.54. The van der Waals surface area contributed by atoms with Gasteiger partial charge in [0.1, 0.15) is 6.04 Å². The molecule has 0 radical (unpaired) electrons. The van der Waals surface area contributed by atoms with Crippen molar-refractivity contribution in [3.05, 3.63) is 24.3 Å². The first-order chi connectivity index (χ1) is 15.9. The maximum Gasteiger partial charge on any atom is 0.311 e. The number of esters is 1. The van der Waals surface area contributed by atoms with Crippen LogP contribution in [0.5, 0.6) is 0 Å². The molecule has 33 heavy (non-hydrogen) atoms. The monoisotopic (exact) mass is 476 g/mol. The van der Waals surface area contributed by atoms with Crippen molar-refractivity contribution in [2.45, 2.75) is 67.9 Å². The molecule has 4 aliphatic heterocycles. The number of aliphatic hydroxyl groups is 1. The Morgan fingerprint density at radius 3 is 2.64 bits per heavy atom. The molecule has 0 aliphatic carbocycles. The second-order valence-electron chi connectivity index (χ2n) is 9.71. The number of likely N-dealkylation sites (tertiary alicyclic amines) is 1. The molecule has 0 aromatic carbocycles. The van der Waals surface area contributed by atoms with E-state index >= 15 is 0 Å². The summed E-state index contributed by atoms with van der Waals surface area (Å²) < 4.78 is 4.15. The standard InChI is InChI=1S/C25H36N2O5S/c1-3-4-13-26-14-10-12-25-18(19-23(31)32-17-9-6-11-24(19,2)33-25)21(29)27(20(25)22(26)30)15-7-5-8-16-28/h6,10-12,18-20,28H,3-5,7-9,13-17H2,1-2H3/t18-,19-,20?,24+,25-/m0/s1. The lowest BCUT2D eigenvalue weighted by Gasteiger charge is -2.37. The van der Waals surface area contributed by atoms with Crippen LogP contribution in [0.4, 0.5) is 0 Å². The van der Waals surface area contributed by atoms with Gasteiger partial charge in [-0.3, -0.25) is 14.4 Å². The lowest BCUT2D eigenvalue weighted by atomic mass is 9.74. The van der Waals surface area contributed by atoms with Crippen LogP contribution in [0.25, 0.3) is 0 Å². The third-order valence-electron chi connectivity index (χ3n) is 7.44. The van der Waals surface area contributed by atoms with Gasteiger partial charge in [-0.2, -0.15) is 0 Å². The number of hydrogen-bond acceptors (Lipinski definition) is 6. The molecular weight excluding hydrogens is 440 g/mol. The average molecular weight is 477 g/mol. The Hall–Kier alpha value is -1.80. The minimum absolute atomic E-state index is 0.0193. The van der Waals surface area contributed by atoms with Crippen molar-refractivity contribution in [3.63, 3.8) is 0 Å². The topological polar surface area (TPSA) is 87.2 Å². The van der Waals surface area contributed by atoms with Gasteiger partial charge in [-0.15, -0.1) is 11.8 Å². The van der Waals surface area contributed by atoms with Crippen molar-refractivity contribution in [1.29, 1.82) is 0 Å². The molecule has 8 heteroatoms. The van der Waals surface area contributed by atoms with Crippen molar-refractivity contribution in [1.82, 2.24) is 9.80 Å². The summed E-state index contributed by atoms with van der Waals surface area (Å²) in [5.74, 6) is -1.73. The highest BCUT2D eigenvalue weighted by Crippen LogP contribution is 2.65. The van der Waals surface area contributed by atoms with E-state index in [1.165, 1.54) is 0 Å². The van der Waals surface area contributed by atoms with Gasteiger partial charge in [-0.05, 0) is 39.0 Å². The zero-order valence-corrected chi connectivity index (χ0v) is 20.5. The van der Waals surface area contributed by atoms with E-state index in [9.17, 15) is 14.4 Å². The van der Waals surface area contributed by atoms with E-state index in [1.54, 1.807) is 16.7 Å². The molecule has 2 fully saturated rings. The largest absolute Gasteiger partial charge is 0.465 e. The molecule has 4 rings (SSSR count). The zero-order valence-electron chi connectivity index (χ0n) is 19.7. The van der Waals surface area contributed by atoms with Gasteiger partial charge in [0.15, 0.2) is 0 Å². The number of carbonyl (C=O) groups excluding carboxylic acids is 3. The average Bonchev–Trinajstić information content (AvgIpc) is 3.10. The summed E-state index contributed by atoms with van der Waals surface area (Å²) in [7, 11) is 0. The fraction of sp³-hybridized carbons (Fsp3) is 0.720. The molecule has 5 atom stereocenters. The highest BCUT2D eigenvalue weighted by atomic mass is 32.2. The van der Waals surface area contributed by atoms with Crippen LogP contribution < -0.4 is 0 Å².